The fraction of sp³-hybridized carbons (Fsp3) is 0.176. The van der Waals surface area contributed by atoms with Crippen LogP contribution in [0.2, 0.25) is 0 Å². The summed E-state index contributed by atoms with van der Waals surface area (Å²) in [5.41, 5.74) is 1.17. The zero-order valence-corrected chi connectivity index (χ0v) is 13.0. The molecule has 0 aromatic heterocycles. The summed E-state index contributed by atoms with van der Waals surface area (Å²) in [5.74, 6) is -0.368. The molecule has 3 N–H and O–H groups in total. The SMILES string of the molecule is COc1c(O)c(OC)c(/C=C\c2ccc(O)cc2)c(OC)c1O. The minimum atomic E-state index is -0.321. The van der Waals surface area contributed by atoms with Gasteiger partial charge in [0.15, 0.2) is 11.5 Å². The molecule has 0 bridgehead atoms. The van der Waals surface area contributed by atoms with Crippen molar-refractivity contribution in [2.75, 3.05) is 21.3 Å². The van der Waals surface area contributed by atoms with E-state index in [2.05, 4.69) is 0 Å². The summed E-state index contributed by atoms with van der Waals surface area (Å²) in [5, 5.41) is 29.6. The Morgan fingerprint density at radius 3 is 1.61 bits per heavy atom. The molecule has 0 spiro atoms. The van der Waals surface area contributed by atoms with Gasteiger partial charge in [-0.2, -0.15) is 0 Å². The molecule has 6 heteroatoms. The molecule has 0 saturated carbocycles. The van der Waals surface area contributed by atoms with E-state index < -0.39 is 0 Å². The number of rotatable bonds is 5. The van der Waals surface area contributed by atoms with Crippen LogP contribution in [0.15, 0.2) is 24.3 Å². The number of hydrogen-bond donors (Lipinski definition) is 3. The third kappa shape index (κ3) is 3.11. The number of aromatic hydroxyl groups is 3. The molecule has 0 radical (unpaired) electrons. The number of benzene rings is 2. The van der Waals surface area contributed by atoms with Gasteiger partial charge in [0, 0.05) is 0 Å². The van der Waals surface area contributed by atoms with E-state index in [0.717, 1.165) is 5.56 Å². The van der Waals surface area contributed by atoms with E-state index in [-0.39, 0.29) is 34.5 Å². The number of phenolic OH excluding ortho intramolecular Hbond substituents is 3. The Morgan fingerprint density at radius 2 is 1.17 bits per heavy atom. The smallest absolute Gasteiger partial charge is 0.210 e. The fourth-order valence-electron chi connectivity index (χ4n) is 2.20. The van der Waals surface area contributed by atoms with Crippen LogP contribution in [0.25, 0.3) is 12.2 Å². The quantitative estimate of drug-likeness (QED) is 0.735. The molecule has 122 valence electrons. The molecule has 0 aliphatic rings. The Balaban J connectivity index is 2.58. The van der Waals surface area contributed by atoms with E-state index in [0.29, 0.717) is 5.56 Å². The van der Waals surface area contributed by atoms with Crippen molar-refractivity contribution in [2.24, 2.45) is 0 Å². The van der Waals surface area contributed by atoms with Crippen LogP contribution in [0.3, 0.4) is 0 Å². The van der Waals surface area contributed by atoms with Gasteiger partial charge in [-0.05, 0) is 23.8 Å². The molecule has 6 nitrogen and oxygen atoms in total. The topological polar surface area (TPSA) is 88.4 Å². The second kappa shape index (κ2) is 6.83. The van der Waals surface area contributed by atoms with Crippen molar-refractivity contribution in [3.8, 4) is 34.5 Å². The maximum absolute atomic E-state index is 10.2. The fourth-order valence-corrected chi connectivity index (χ4v) is 2.20. The van der Waals surface area contributed by atoms with E-state index in [9.17, 15) is 15.3 Å². The first-order valence-corrected chi connectivity index (χ1v) is 6.74. The second-order valence-electron chi connectivity index (χ2n) is 4.64. The van der Waals surface area contributed by atoms with Gasteiger partial charge < -0.3 is 29.5 Å². The molecule has 0 saturated heterocycles. The minimum Gasteiger partial charge on any atom is -0.508 e. The molecule has 0 heterocycles. The zero-order chi connectivity index (χ0) is 17.0. The van der Waals surface area contributed by atoms with E-state index in [4.69, 9.17) is 14.2 Å². The molecule has 0 aliphatic carbocycles. The van der Waals surface area contributed by atoms with Crippen LogP contribution in [0.5, 0.6) is 34.5 Å². The van der Waals surface area contributed by atoms with Gasteiger partial charge in [0.25, 0.3) is 0 Å². The minimum absolute atomic E-state index is 0.117. The predicted octanol–water partition coefficient (Wildman–Crippen LogP) is 3.00. The van der Waals surface area contributed by atoms with Crippen LogP contribution in [0.1, 0.15) is 11.1 Å². The monoisotopic (exact) mass is 318 g/mol. The highest BCUT2D eigenvalue weighted by Crippen LogP contribution is 2.52. The molecule has 0 atom stereocenters. The summed E-state index contributed by atoms with van der Waals surface area (Å²) in [6, 6.07) is 6.54. The number of phenols is 3. The molecule has 2 rings (SSSR count). The summed E-state index contributed by atoms with van der Waals surface area (Å²) >= 11 is 0. The Labute approximate surface area is 133 Å². The largest absolute Gasteiger partial charge is 0.508 e. The van der Waals surface area contributed by atoms with Crippen LogP contribution < -0.4 is 14.2 Å². The van der Waals surface area contributed by atoms with Crippen LogP contribution in [-0.2, 0) is 0 Å². The lowest BCUT2D eigenvalue weighted by Crippen LogP contribution is -1.97. The summed E-state index contributed by atoms with van der Waals surface area (Å²) in [7, 11) is 4.10. The lowest BCUT2D eigenvalue weighted by Gasteiger charge is -2.17. The van der Waals surface area contributed by atoms with Crippen molar-refractivity contribution in [3.05, 3.63) is 35.4 Å². The van der Waals surface area contributed by atoms with Crippen molar-refractivity contribution < 1.29 is 29.5 Å². The molecule has 0 fully saturated rings. The Hall–Kier alpha value is -3.02. The van der Waals surface area contributed by atoms with Crippen molar-refractivity contribution in [3.63, 3.8) is 0 Å². The van der Waals surface area contributed by atoms with Crippen molar-refractivity contribution >= 4 is 12.2 Å². The highest BCUT2D eigenvalue weighted by atomic mass is 16.5. The Morgan fingerprint density at radius 1 is 0.696 bits per heavy atom. The number of ether oxygens (including phenoxy) is 3. The summed E-state index contributed by atoms with van der Waals surface area (Å²) in [6.45, 7) is 0. The van der Waals surface area contributed by atoms with Crippen LogP contribution in [0.4, 0.5) is 0 Å². The number of hydrogen-bond acceptors (Lipinski definition) is 6. The molecular formula is C17H18O6. The highest BCUT2D eigenvalue weighted by Gasteiger charge is 2.24. The third-order valence-electron chi connectivity index (χ3n) is 3.30. The second-order valence-corrected chi connectivity index (χ2v) is 4.64. The Bertz CT molecular complexity index is 688. The summed E-state index contributed by atoms with van der Waals surface area (Å²) in [6.07, 6.45) is 3.36. The van der Waals surface area contributed by atoms with Gasteiger partial charge in [0.2, 0.25) is 17.2 Å². The van der Waals surface area contributed by atoms with Gasteiger partial charge in [-0.15, -0.1) is 0 Å². The van der Waals surface area contributed by atoms with Crippen LogP contribution in [-0.4, -0.2) is 36.6 Å². The first-order valence-electron chi connectivity index (χ1n) is 6.74. The van der Waals surface area contributed by atoms with Gasteiger partial charge in [-0.25, -0.2) is 0 Å². The van der Waals surface area contributed by atoms with E-state index in [1.165, 1.54) is 21.3 Å². The average Bonchev–Trinajstić information content (AvgIpc) is 2.55. The first kappa shape index (κ1) is 16.4. The molecule has 0 amide bonds. The van der Waals surface area contributed by atoms with Gasteiger partial charge in [-0.1, -0.05) is 18.2 Å². The maximum Gasteiger partial charge on any atom is 0.210 e. The molecular weight excluding hydrogens is 300 g/mol. The maximum atomic E-state index is 10.2. The lowest BCUT2D eigenvalue weighted by molar-refractivity contribution is 0.304. The molecule has 0 aliphatic heterocycles. The molecule has 2 aromatic carbocycles. The van der Waals surface area contributed by atoms with Crippen molar-refractivity contribution in [1.29, 1.82) is 0 Å². The van der Waals surface area contributed by atoms with Crippen molar-refractivity contribution in [2.45, 2.75) is 0 Å². The lowest BCUT2D eigenvalue weighted by atomic mass is 10.1. The van der Waals surface area contributed by atoms with Gasteiger partial charge >= 0.3 is 0 Å². The van der Waals surface area contributed by atoms with Crippen molar-refractivity contribution in [1.82, 2.24) is 0 Å². The zero-order valence-electron chi connectivity index (χ0n) is 13.0. The van der Waals surface area contributed by atoms with E-state index in [1.807, 2.05) is 0 Å². The third-order valence-corrected chi connectivity index (χ3v) is 3.30. The standard InChI is InChI=1S/C17H18O6/c1-21-15-12(9-6-10-4-7-11(18)8-5-10)16(22-2)14(20)17(23-3)13(15)19/h4-9,18-20H,1-3H3/b9-6-. The van der Waals surface area contributed by atoms with Crippen LogP contribution in [0, 0.1) is 0 Å². The summed E-state index contributed by atoms with van der Waals surface area (Å²) < 4.78 is 15.4. The molecule has 0 unspecified atom stereocenters. The molecule has 23 heavy (non-hydrogen) atoms. The van der Waals surface area contributed by atoms with Crippen LogP contribution >= 0.6 is 0 Å². The van der Waals surface area contributed by atoms with Gasteiger partial charge in [-0.3, -0.25) is 0 Å². The predicted molar refractivity (Wildman–Crippen MR) is 86.5 cm³/mol. The summed E-state index contributed by atoms with van der Waals surface area (Å²) in [4.78, 5) is 0. The normalized spacial score (nSPS) is 10.7. The van der Waals surface area contributed by atoms with Gasteiger partial charge in [0.05, 0.1) is 26.9 Å². The van der Waals surface area contributed by atoms with E-state index in [1.54, 1.807) is 36.4 Å². The van der Waals surface area contributed by atoms with Gasteiger partial charge in [0.1, 0.15) is 5.75 Å². The average molecular weight is 318 g/mol. The Kier molecular flexibility index (Phi) is 4.85. The first-order chi connectivity index (χ1) is 11.0. The highest BCUT2D eigenvalue weighted by molar-refractivity contribution is 5.82. The molecule has 2 aromatic rings. The number of methoxy groups -OCH3 is 3. The van der Waals surface area contributed by atoms with E-state index >= 15 is 0 Å².